The number of hydrogen-bond acceptors (Lipinski definition) is 21. The van der Waals surface area contributed by atoms with Gasteiger partial charge in [0.1, 0.15) is 40.5 Å². The Balaban J connectivity index is 0.000000162. The van der Waals surface area contributed by atoms with Gasteiger partial charge in [-0.05, 0) is 181 Å². The monoisotopic (exact) mass is 1500 g/mol. The van der Waals surface area contributed by atoms with Gasteiger partial charge < -0.3 is 48.1 Å². The van der Waals surface area contributed by atoms with E-state index in [4.69, 9.17) is 49.3 Å². The van der Waals surface area contributed by atoms with Gasteiger partial charge in [0.15, 0.2) is 27.3 Å². The maximum absolute atomic E-state index is 13.5. The third-order valence-electron chi connectivity index (χ3n) is 16.7. The number of rotatable bonds is 20. The normalized spacial score (nSPS) is 13.6. The molecule has 1 aliphatic carbocycles. The van der Waals surface area contributed by atoms with Gasteiger partial charge in [0.05, 0.1) is 66.5 Å². The van der Waals surface area contributed by atoms with Crippen molar-refractivity contribution in [2.24, 2.45) is 17.6 Å². The van der Waals surface area contributed by atoms with Gasteiger partial charge in [0.2, 0.25) is 5.88 Å². The van der Waals surface area contributed by atoms with E-state index in [0.29, 0.717) is 107 Å². The number of nitrogens with one attached hydrogen (secondary N) is 3. The van der Waals surface area contributed by atoms with Gasteiger partial charge in [-0.15, -0.1) is 0 Å². The number of methoxy groups -OCH3 is 1. The van der Waals surface area contributed by atoms with Crippen LogP contribution in [0.25, 0.3) is 22.2 Å². The van der Waals surface area contributed by atoms with E-state index < -0.39 is 54.6 Å². The molecule has 2 aliphatic heterocycles. The van der Waals surface area contributed by atoms with Crippen LogP contribution in [0.3, 0.4) is 0 Å². The third kappa shape index (κ3) is 19.2. The number of benzene rings is 6. The third-order valence-corrected chi connectivity index (χ3v) is 19.4. The highest BCUT2D eigenvalue weighted by molar-refractivity contribution is 7.91. The molecule has 2 amide bonds. The summed E-state index contributed by atoms with van der Waals surface area (Å²) in [5, 5.41) is 9.95. The number of aromatic nitrogens is 5. The number of ether oxygens (including phenoxy) is 6. The molecule has 27 nitrogen and oxygen atoms in total. The van der Waals surface area contributed by atoms with Crippen molar-refractivity contribution in [3.05, 3.63) is 197 Å². The van der Waals surface area contributed by atoms with Crippen LogP contribution in [-0.2, 0) is 76.7 Å². The van der Waals surface area contributed by atoms with Gasteiger partial charge in [-0.2, -0.15) is 4.98 Å². The topological polar surface area (TPSA) is 345 Å². The predicted octanol–water partition coefficient (Wildman–Crippen LogP) is 10.8. The zero-order chi connectivity index (χ0) is 76.2. The fourth-order valence-electron chi connectivity index (χ4n) is 11.1. The van der Waals surface area contributed by atoms with Crippen LogP contribution < -0.4 is 40.1 Å². The van der Waals surface area contributed by atoms with Crippen molar-refractivity contribution >= 4 is 77.8 Å². The van der Waals surface area contributed by atoms with Crippen molar-refractivity contribution in [2.45, 2.75) is 129 Å². The Morgan fingerprint density at radius 3 is 2.01 bits per heavy atom. The molecule has 3 N–H and O–H groups in total. The van der Waals surface area contributed by atoms with E-state index in [0.717, 1.165) is 48.6 Å². The minimum Gasteiger partial charge on any atom is -0.496 e. The van der Waals surface area contributed by atoms with Crippen LogP contribution in [0.15, 0.2) is 150 Å². The van der Waals surface area contributed by atoms with E-state index in [1.165, 1.54) is 73.1 Å². The van der Waals surface area contributed by atoms with Crippen molar-refractivity contribution in [2.75, 3.05) is 39.8 Å². The number of hydrogen-bond donors (Lipinski definition) is 3. The van der Waals surface area contributed by atoms with E-state index in [-0.39, 0.29) is 61.8 Å². The molecule has 0 saturated heterocycles. The first kappa shape index (κ1) is 78.5. The predicted molar refractivity (Wildman–Crippen MR) is 391 cm³/mol. The maximum atomic E-state index is 13.5. The Labute approximate surface area is 611 Å². The number of ketones is 1. The number of carbonyl (C=O) groups is 5. The number of fused-ring (bicyclic) bond motifs is 2. The summed E-state index contributed by atoms with van der Waals surface area (Å²) in [6.45, 7) is 19.2. The zero-order valence-electron chi connectivity index (χ0n) is 60.2. The second kappa shape index (κ2) is 33.9. The van der Waals surface area contributed by atoms with Gasteiger partial charge in [-0.3, -0.25) is 33.4 Å². The van der Waals surface area contributed by atoms with E-state index >= 15 is 0 Å². The fraction of sp³-hybridized carbons (Fsp3) is 0.347. The molecule has 9 aromatic rings. The first-order valence-corrected chi connectivity index (χ1v) is 37.5. The lowest BCUT2D eigenvalue weighted by molar-refractivity contribution is -0.150. The Hall–Kier alpha value is -10.6. The number of aromatic amines is 1. The molecule has 30 heteroatoms. The number of H-pyrrole nitrogens is 1. The van der Waals surface area contributed by atoms with E-state index in [2.05, 4.69) is 53.5 Å². The van der Waals surface area contributed by atoms with Crippen molar-refractivity contribution in [3.63, 3.8) is 0 Å². The molecule has 556 valence electrons. The molecule has 0 bridgehead atoms. The highest BCUT2D eigenvalue weighted by atomic mass is 35.5. The lowest BCUT2D eigenvalue weighted by atomic mass is 9.91. The van der Waals surface area contributed by atoms with Crippen molar-refractivity contribution in [3.8, 4) is 40.3 Å². The van der Waals surface area contributed by atoms with Gasteiger partial charge in [-0.1, -0.05) is 60.4 Å². The number of halogens is 1. The summed E-state index contributed by atoms with van der Waals surface area (Å²) in [4.78, 5) is 96.1. The molecule has 5 heterocycles. The maximum Gasteiger partial charge on any atom is 0.400 e. The Morgan fingerprint density at radius 2 is 1.42 bits per heavy atom. The van der Waals surface area contributed by atoms with Crippen molar-refractivity contribution in [1.29, 1.82) is 0 Å². The zero-order valence-corrected chi connectivity index (χ0v) is 62.6. The van der Waals surface area contributed by atoms with Crippen LogP contribution in [-0.4, -0.2) is 128 Å². The smallest absolute Gasteiger partial charge is 0.400 e. The van der Waals surface area contributed by atoms with E-state index in [1.807, 2.05) is 25.5 Å². The molecule has 1 saturated carbocycles. The number of nitrogens with zero attached hydrogens (tertiary/aromatic N) is 5. The van der Waals surface area contributed by atoms with Crippen LogP contribution in [0.2, 0.25) is 5.02 Å². The summed E-state index contributed by atoms with van der Waals surface area (Å²) in [5.41, 5.74) is 6.79. The molecule has 0 radical (unpaired) electrons. The lowest BCUT2D eigenvalue weighted by Gasteiger charge is -2.19. The summed E-state index contributed by atoms with van der Waals surface area (Å²) in [6, 6.07) is 30.9. The molecule has 3 aliphatic rings. The highest BCUT2D eigenvalue weighted by Crippen LogP contribution is 2.37. The number of sulfone groups is 1. The van der Waals surface area contributed by atoms with Crippen molar-refractivity contribution in [1.82, 2.24) is 34.2 Å². The minimum atomic E-state index is -4.07. The summed E-state index contributed by atoms with van der Waals surface area (Å²) >= 11 is 5.91. The summed E-state index contributed by atoms with van der Waals surface area (Å²) in [6.07, 6.45) is 5.84. The van der Waals surface area contributed by atoms with Crippen LogP contribution in [0.4, 0.5) is 0 Å². The van der Waals surface area contributed by atoms with Crippen LogP contribution in [0.5, 0.6) is 29.2 Å². The Morgan fingerprint density at radius 1 is 0.762 bits per heavy atom. The SMILES string of the molecule is CCOC(=O)C(C)Oc1ccc(Oc2nc3ccc(Cl)cc3o2)cc1.CCc1cc(C)cc(CC)c1-c1c(OC(=O)C(C)(C)C)n2n(c1=O)CCOCC2.COc1ccccc1C(=O)NS(=O)(=O)c1ccc(C(=O)NC2CC2)cc1.Cc1c(C(=O)c2c[nH]n(C)c2=O)ccc(S(C)(=O)=O)c1C1=NOCC1. The molecule has 3 aromatic heterocycles. The number of amides is 2. The molecule has 1 unspecified atom stereocenters. The number of sulfonamides is 1. The largest absolute Gasteiger partial charge is 0.496 e. The second-order valence-corrected chi connectivity index (χ2v) is 29.7. The number of carbonyl (C=O) groups excluding carboxylic acids is 5. The highest BCUT2D eigenvalue weighted by Gasteiger charge is 2.34. The Kier molecular flexibility index (Phi) is 25.3. The summed E-state index contributed by atoms with van der Waals surface area (Å²) < 4.78 is 93.7. The van der Waals surface area contributed by atoms with Gasteiger partial charge in [0.25, 0.3) is 33.0 Å². The number of oxime groups is 1. The molecule has 1 atom stereocenters. The van der Waals surface area contributed by atoms with Crippen LogP contribution in [0, 0.1) is 19.3 Å². The van der Waals surface area contributed by atoms with Gasteiger partial charge >= 0.3 is 18.0 Å². The molecule has 105 heavy (non-hydrogen) atoms. The number of esters is 2. The second-order valence-electron chi connectivity index (χ2n) is 25.6. The molecular weight excluding hydrogens is 1420 g/mol. The first-order chi connectivity index (χ1) is 49.8. The van der Waals surface area contributed by atoms with E-state index in [9.17, 15) is 50.4 Å². The fourth-order valence-corrected chi connectivity index (χ4v) is 13.2. The number of para-hydroxylation sites is 1. The van der Waals surface area contributed by atoms with Crippen LogP contribution >= 0.6 is 11.6 Å². The Bertz CT molecular complexity index is 5100. The number of aryl methyl sites for hydroxylation is 4. The molecule has 12 rings (SSSR count). The molecule has 6 aromatic carbocycles. The van der Waals surface area contributed by atoms with Gasteiger partial charge in [-0.25, -0.2) is 35.7 Å². The average Bonchev–Trinajstić information content (AvgIpc) is 1.58. The van der Waals surface area contributed by atoms with E-state index in [1.54, 1.807) is 90.8 Å². The molecule has 1 fully saturated rings. The number of oxazole rings is 1. The lowest BCUT2D eigenvalue weighted by Crippen LogP contribution is -2.31. The standard InChI is InChI=1S/C23H32N2O4.C18H16ClNO5.C18H18N2O5S.C16H17N3O5S/c1-7-16-13-15(3)14-17(8-2)18(16)19-20(26)24-9-11-28-12-10-25(24)21(19)29-22(27)23(4,5)6;1-3-22-17(21)11(2)23-13-5-7-14(8-6-13)24-18-20-15-9-4-12(19)10-16(15)25-18;1-25-16-5-3-2-4-15(16)18(22)20-26(23,24)14-10-6-12(7-11-14)17(21)19-13-8-9-13;1-9-10(15(20)11-8-17-19(2)16(11)21)4-5-13(25(3,22)23)14(9)12-6-7-24-18-12/h13-14H,7-12H2,1-6H3;4-11H,3H2,1-2H3;2-7,10-11,13H,8-9H2,1H3,(H,19,21)(H,20,22);4-5,8,17H,6-7H2,1-3H3. The van der Waals surface area contributed by atoms with Crippen LogP contribution in [0.1, 0.15) is 132 Å². The van der Waals surface area contributed by atoms with Crippen molar-refractivity contribution < 1.29 is 78.5 Å². The quantitative estimate of drug-likeness (QED) is 0.0471. The minimum absolute atomic E-state index is 0.00623. The first-order valence-electron chi connectivity index (χ1n) is 33.7. The summed E-state index contributed by atoms with van der Waals surface area (Å²) in [7, 11) is -4.69. The summed E-state index contributed by atoms with van der Waals surface area (Å²) in [5.74, 6) is -0.610. The molecule has 0 spiro atoms. The van der Waals surface area contributed by atoms with Gasteiger partial charge in [0, 0.05) is 59.7 Å². The average molecular weight is 1500 g/mol. The molecular formula is C75H83ClN8O19S2.